The maximum absolute atomic E-state index is 12.9. The number of ether oxygens (including phenoxy) is 1. The number of benzene rings is 3. The predicted octanol–water partition coefficient (Wildman–Crippen LogP) is 4.50. The molecule has 0 amide bonds. The second kappa shape index (κ2) is 9.28. The standard InChI is InChI=1S/C23H20N2O3/c1-2-28-20-14-13-19(21(26)15-20)16-24-25-22(17-9-5-3-6-10-17)23(27)18-11-7-4-8-12-18/h3-16,26H,2H2,1H3/b24-16+,25-22-. The zero-order chi connectivity index (χ0) is 19.8. The molecular formula is C23H20N2O3. The van der Waals surface area contributed by atoms with Gasteiger partial charge in [0.2, 0.25) is 5.78 Å². The van der Waals surface area contributed by atoms with E-state index in [-0.39, 0.29) is 17.2 Å². The SMILES string of the molecule is CCOc1ccc(/C=N/N=C(\C(=O)c2ccccc2)c2ccccc2)c(O)c1. The largest absolute Gasteiger partial charge is 0.507 e. The quantitative estimate of drug-likeness (QED) is 0.377. The van der Waals surface area contributed by atoms with Gasteiger partial charge in [0, 0.05) is 22.8 Å². The lowest BCUT2D eigenvalue weighted by molar-refractivity contribution is 0.106. The monoisotopic (exact) mass is 372 g/mol. The summed E-state index contributed by atoms with van der Waals surface area (Å²) in [6.07, 6.45) is 1.41. The van der Waals surface area contributed by atoms with Gasteiger partial charge in [0.1, 0.15) is 17.2 Å². The normalized spacial score (nSPS) is 11.5. The highest BCUT2D eigenvalue weighted by Crippen LogP contribution is 2.22. The van der Waals surface area contributed by atoms with E-state index >= 15 is 0 Å². The van der Waals surface area contributed by atoms with Crippen LogP contribution in [0.25, 0.3) is 0 Å². The van der Waals surface area contributed by atoms with Crippen molar-refractivity contribution in [1.82, 2.24) is 0 Å². The summed E-state index contributed by atoms with van der Waals surface area (Å²) in [6, 6.07) is 23.0. The minimum atomic E-state index is -0.222. The van der Waals surface area contributed by atoms with Crippen molar-refractivity contribution in [2.45, 2.75) is 6.92 Å². The van der Waals surface area contributed by atoms with Crippen molar-refractivity contribution < 1.29 is 14.6 Å². The number of aromatic hydroxyl groups is 1. The van der Waals surface area contributed by atoms with Crippen LogP contribution in [0.2, 0.25) is 0 Å². The van der Waals surface area contributed by atoms with Gasteiger partial charge in [-0.1, -0.05) is 60.7 Å². The molecule has 140 valence electrons. The van der Waals surface area contributed by atoms with Crippen LogP contribution in [0, 0.1) is 0 Å². The number of carbonyl (C=O) groups is 1. The Kier molecular flexibility index (Phi) is 6.31. The third kappa shape index (κ3) is 4.71. The highest BCUT2D eigenvalue weighted by Gasteiger charge is 2.16. The van der Waals surface area contributed by atoms with Gasteiger partial charge in [0.05, 0.1) is 12.8 Å². The van der Waals surface area contributed by atoms with Gasteiger partial charge >= 0.3 is 0 Å². The van der Waals surface area contributed by atoms with Crippen LogP contribution in [0.1, 0.15) is 28.4 Å². The summed E-state index contributed by atoms with van der Waals surface area (Å²) >= 11 is 0. The van der Waals surface area contributed by atoms with E-state index in [9.17, 15) is 9.90 Å². The molecule has 5 nitrogen and oxygen atoms in total. The van der Waals surface area contributed by atoms with Gasteiger partial charge in [-0.3, -0.25) is 4.79 Å². The third-order valence-corrected chi connectivity index (χ3v) is 3.97. The van der Waals surface area contributed by atoms with E-state index in [0.29, 0.717) is 29.0 Å². The van der Waals surface area contributed by atoms with Crippen molar-refractivity contribution in [3.05, 3.63) is 95.6 Å². The van der Waals surface area contributed by atoms with E-state index in [1.807, 2.05) is 43.3 Å². The number of hydrogen-bond acceptors (Lipinski definition) is 5. The molecule has 1 N–H and O–H groups in total. The zero-order valence-electron chi connectivity index (χ0n) is 15.4. The Bertz CT molecular complexity index is 997. The summed E-state index contributed by atoms with van der Waals surface area (Å²) in [7, 11) is 0. The van der Waals surface area contributed by atoms with E-state index in [4.69, 9.17) is 4.74 Å². The number of carbonyl (C=O) groups excluding carboxylic acids is 1. The second-order valence-electron chi connectivity index (χ2n) is 5.91. The zero-order valence-corrected chi connectivity index (χ0v) is 15.4. The van der Waals surface area contributed by atoms with Crippen molar-refractivity contribution in [3.8, 4) is 11.5 Å². The topological polar surface area (TPSA) is 71.2 Å². The molecule has 0 aliphatic heterocycles. The van der Waals surface area contributed by atoms with Crippen molar-refractivity contribution in [2.24, 2.45) is 10.2 Å². The molecule has 0 saturated heterocycles. The number of ketones is 1. The first-order valence-corrected chi connectivity index (χ1v) is 8.91. The lowest BCUT2D eigenvalue weighted by Crippen LogP contribution is -2.15. The Morgan fingerprint density at radius 3 is 2.21 bits per heavy atom. The molecule has 3 rings (SSSR count). The molecule has 0 radical (unpaired) electrons. The molecule has 0 saturated carbocycles. The fraction of sp³-hybridized carbons (Fsp3) is 0.0870. The minimum absolute atomic E-state index is 0.0283. The number of phenols is 1. The molecule has 0 aliphatic rings. The molecule has 3 aromatic carbocycles. The van der Waals surface area contributed by atoms with Gasteiger partial charge < -0.3 is 9.84 Å². The first-order chi connectivity index (χ1) is 13.7. The van der Waals surface area contributed by atoms with Gasteiger partial charge in [-0.25, -0.2) is 0 Å². The fourth-order valence-corrected chi connectivity index (χ4v) is 2.59. The smallest absolute Gasteiger partial charge is 0.213 e. The van der Waals surface area contributed by atoms with Crippen LogP contribution in [-0.2, 0) is 0 Å². The highest BCUT2D eigenvalue weighted by atomic mass is 16.5. The Morgan fingerprint density at radius 2 is 1.61 bits per heavy atom. The Morgan fingerprint density at radius 1 is 0.964 bits per heavy atom. The molecule has 0 unspecified atom stereocenters. The van der Waals surface area contributed by atoms with Gasteiger partial charge in [-0.15, -0.1) is 5.10 Å². The summed E-state index contributed by atoms with van der Waals surface area (Å²) in [6.45, 7) is 2.38. The molecule has 0 atom stereocenters. The van der Waals surface area contributed by atoms with Gasteiger partial charge in [-0.05, 0) is 19.1 Å². The molecule has 0 bridgehead atoms. The lowest BCUT2D eigenvalue weighted by Gasteiger charge is -2.05. The summed E-state index contributed by atoms with van der Waals surface area (Å²) in [5, 5.41) is 18.3. The summed E-state index contributed by atoms with van der Waals surface area (Å²) < 4.78 is 5.35. The average molecular weight is 372 g/mol. The maximum Gasteiger partial charge on any atom is 0.213 e. The molecule has 0 fully saturated rings. The number of Topliss-reactive ketones (excluding diaryl/α,β-unsaturated/α-hetero) is 1. The van der Waals surface area contributed by atoms with Crippen LogP contribution in [0.5, 0.6) is 11.5 Å². The van der Waals surface area contributed by atoms with Crippen LogP contribution >= 0.6 is 0 Å². The van der Waals surface area contributed by atoms with E-state index in [2.05, 4.69) is 10.2 Å². The Balaban J connectivity index is 1.91. The van der Waals surface area contributed by atoms with Gasteiger partial charge in [-0.2, -0.15) is 5.10 Å². The van der Waals surface area contributed by atoms with Crippen LogP contribution in [0.3, 0.4) is 0 Å². The summed E-state index contributed by atoms with van der Waals surface area (Å²) in [5.74, 6) is 0.380. The van der Waals surface area contributed by atoms with E-state index < -0.39 is 0 Å². The molecule has 0 aliphatic carbocycles. The first kappa shape index (κ1) is 19.0. The summed E-state index contributed by atoms with van der Waals surface area (Å²) in [4.78, 5) is 12.9. The van der Waals surface area contributed by atoms with Crippen molar-refractivity contribution in [1.29, 1.82) is 0 Å². The van der Waals surface area contributed by atoms with Gasteiger partial charge in [0.25, 0.3) is 0 Å². The van der Waals surface area contributed by atoms with E-state index in [1.165, 1.54) is 12.3 Å². The van der Waals surface area contributed by atoms with Crippen LogP contribution in [0.15, 0.2) is 89.1 Å². The highest BCUT2D eigenvalue weighted by molar-refractivity contribution is 6.51. The number of rotatable bonds is 7. The van der Waals surface area contributed by atoms with E-state index in [0.717, 1.165) is 0 Å². The van der Waals surface area contributed by atoms with Crippen molar-refractivity contribution >= 4 is 17.7 Å². The molecule has 5 heteroatoms. The van der Waals surface area contributed by atoms with Crippen molar-refractivity contribution in [2.75, 3.05) is 6.61 Å². The number of hydrogen-bond donors (Lipinski definition) is 1. The Hall–Kier alpha value is -3.73. The predicted molar refractivity (Wildman–Crippen MR) is 111 cm³/mol. The number of phenolic OH excluding ortho intramolecular Hbond substituents is 1. The molecule has 3 aromatic rings. The second-order valence-corrected chi connectivity index (χ2v) is 5.91. The van der Waals surface area contributed by atoms with Crippen molar-refractivity contribution in [3.63, 3.8) is 0 Å². The Labute approximate surface area is 163 Å². The third-order valence-electron chi connectivity index (χ3n) is 3.97. The van der Waals surface area contributed by atoms with E-state index in [1.54, 1.807) is 36.4 Å². The van der Waals surface area contributed by atoms with Crippen LogP contribution in [-0.4, -0.2) is 29.4 Å². The average Bonchev–Trinajstić information content (AvgIpc) is 2.73. The molecule has 28 heavy (non-hydrogen) atoms. The van der Waals surface area contributed by atoms with Gasteiger partial charge in [0.15, 0.2) is 0 Å². The minimum Gasteiger partial charge on any atom is -0.507 e. The van der Waals surface area contributed by atoms with Crippen LogP contribution < -0.4 is 4.74 Å². The first-order valence-electron chi connectivity index (χ1n) is 8.91. The molecule has 0 aromatic heterocycles. The number of nitrogens with zero attached hydrogens (tertiary/aromatic N) is 2. The summed E-state index contributed by atoms with van der Waals surface area (Å²) in [5.41, 5.74) is 1.91. The molecule has 0 spiro atoms. The lowest BCUT2D eigenvalue weighted by atomic mass is 10.0. The fourth-order valence-electron chi connectivity index (χ4n) is 2.59. The molecular weight excluding hydrogens is 352 g/mol. The maximum atomic E-state index is 12.9. The van der Waals surface area contributed by atoms with Crippen LogP contribution in [0.4, 0.5) is 0 Å². The molecule has 0 heterocycles.